The minimum absolute atomic E-state index is 0.109. The molecule has 0 aliphatic rings. The number of benzene rings is 3. The van der Waals surface area contributed by atoms with E-state index >= 15 is 0 Å². The summed E-state index contributed by atoms with van der Waals surface area (Å²) in [5.74, 6) is 0.460. The number of aromatic nitrogens is 2. The molecule has 7 heteroatoms. The number of aryl methyl sites for hydroxylation is 1. The zero-order valence-electron chi connectivity index (χ0n) is 17.3. The van der Waals surface area contributed by atoms with Gasteiger partial charge in [0.2, 0.25) is 5.91 Å². The van der Waals surface area contributed by atoms with Crippen LogP contribution in [0.4, 0.5) is 0 Å². The van der Waals surface area contributed by atoms with E-state index in [1.54, 1.807) is 12.3 Å². The molecule has 0 unspecified atom stereocenters. The van der Waals surface area contributed by atoms with Gasteiger partial charge in [0, 0.05) is 12.8 Å². The molecule has 0 bridgehead atoms. The van der Waals surface area contributed by atoms with E-state index in [1.165, 1.54) is 0 Å². The zero-order valence-corrected chi connectivity index (χ0v) is 17.3. The molecule has 2 N–H and O–H groups in total. The molecule has 3 aromatic carbocycles. The number of hydrogen-bond acceptors (Lipinski definition) is 5. The lowest BCUT2D eigenvalue weighted by Gasteiger charge is -2.06. The topological polar surface area (TPSA) is 96.4 Å². The van der Waals surface area contributed by atoms with Crippen LogP contribution in [0.5, 0.6) is 5.75 Å². The normalized spacial score (nSPS) is 11.0. The van der Waals surface area contributed by atoms with E-state index < -0.39 is 0 Å². The maximum absolute atomic E-state index is 12.1. The number of nitrogens with zero attached hydrogens (tertiary/aromatic N) is 2. The Balaban J connectivity index is 1.25. The Kier molecular flexibility index (Phi) is 6.67. The molecule has 0 aliphatic heterocycles. The Morgan fingerprint density at radius 3 is 2.56 bits per heavy atom. The summed E-state index contributed by atoms with van der Waals surface area (Å²) in [7, 11) is 0. The fraction of sp³-hybridized carbons (Fsp3) is 0.120. The average Bonchev–Trinajstić information content (AvgIpc) is 2.83. The number of carbonyl (C=O) groups excluding carboxylic acids is 1. The van der Waals surface area contributed by atoms with Crippen molar-refractivity contribution in [2.75, 3.05) is 0 Å². The van der Waals surface area contributed by atoms with Gasteiger partial charge < -0.3 is 9.72 Å². The van der Waals surface area contributed by atoms with Gasteiger partial charge >= 0.3 is 0 Å². The molecule has 4 aromatic rings. The predicted octanol–water partition coefficient (Wildman–Crippen LogP) is 3.59. The van der Waals surface area contributed by atoms with Crippen LogP contribution < -0.4 is 15.7 Å². The first-order valence-electron chi connectivity index (χ1n) is 10.2. The molecule has 0 fully saturated rings. The Morgan fingerprint density at radius 1 is 1.00 bits per heavy atom. The van der Waals surface area contributed by atoms with Crippen LogP contribution in [0.25, 0.3) is 11.0 Å². The monoisotopic (exact) mass is 426 g/mol. The molecule has 0 atom stereocenters. The number of nitrogens with one attached hydrogen (secondary N) is 2. The molecule has 1 amide bonds. The fourth-order valence-electron chi connectivity index (χ4n) is 3.09. The largest absolute Gasteiger partial charge is 0.489 e. The van der Waals surface area contributed by atoms with Crippen molar-refractivity contribution in [1.29, 1.82) is 0 Å². The van der Waals surface area contributed by atoms with Gasteiger partial charge in [-0.2, -0.15) is 5.10 Å². The molecule has 0 aliphatic carbocycles. The number of para-hydroxylation sites is 2. The summed E-state index contributed by atoms with van der Waals surface area (Å²) in [4.78, 5) is 31.3. The molecule has 1 aromatic heterocycles. The van der Waals surface area contributed by atoms with E-state index in [0.717, 1.165) is 16.9 Å². The van der Waals surface area contributed by atoms with Gasteiger partial charge in [-0.25, -0.2) is 10.4 Å². The van der Waals surface area contributed by atoms with Crippen molar-refractivity contribution in [3.8, 4) is 5.75 Å². The van der Waals surface area contributed by atoms with Gasteiger partial charge in [0.05, 0.1) is 17.2 Å². The number of aromatic amines is 1. The van der Waals surface area contributed by atoms with E-state index in [2.05, 4.69) is 20.5 Å². The minimum atomic E-state index is -0.293. The number of carbonyl (C=O) groups is 1. The number of ether oxygens (including phenoxy) is 1. The molecule has 4 rings (SSSR count). The highest BCUT2D eigenvalue weighted by Gasteiger charge is 2.07. The molecular weight excluding hydrogens is 404 g/mol. The second kappa shape index (κ2) is 10.2. The lowest BCUT2D eigenvalue weighted by Crippen LogP contribution is -2.21. The molecule has 0 saturated carbocycles. The average molecular weight is 426 g/mol. The standard InChI is InChI=1S/C25H22N4O3/c30-24(15-14-23-25(31)28-22-9-5-4-8-21(22)27-23)29-26-16-18-10-12-20(13-11-18)32-17-19-6-2-1-3-7-19/h1-13,16H,14-15,17H2,(H,28,31)(H,29,30)/b26-16+. The van der Waals surface area contributed by atoms with E-state index in [9.17, 15) is 9.59 Å². The molecule has 160 valence electrons. The Labute approximate surface area is 184 Å². The maximum Gasteiger partial charge on any atom is 0.270 e. The molecule has 0 spiro atoms. The lowest BCUT2D eigenvalue weighted by molar-refractivity contribution is -0.121. The van der Waals surface area contributed by atoms with Gasteiger partial charge in [0.1, 0.15) is 18.1 Å². The minimum Gasteiger partial charge on any atom is -0.489 e. The second-order valence-electron chi connectivity index (χ2n) is 7.17. The van der Waals surface area contributed by atoms with E-state index in [1.807, 2.05) is 72.8 Å². The van der Waals surface area contributed by atoms with Crippen molar-refractivity contribution >= 4 is 23.2 Å². The van der Waals surface area contributed by atoms with Gasteiger partial charge in [-0.05, 0) is 47.5 Å². The van der Waals surface area contributed by atoms with Crippen LogP contribution >= 0.6 is 0 Å². The van der Waals surface area contributed by atoms with E-state index in [-0.39, 0.29) is 24.3 Å². The van der Waals surface area contributed by atoms with Gasteiger partial charge in [-0.15, -0.1) is 0 Å². The highest BCUT2D eigenvalue weighted by molar-refractivity contribution is 5.82. The molecule has 7 nitrogen and oxygen atoms in total. The number of rotatable bonds is 8. The summed E-state index contributed by atoms with van der Waals surface area (Å²) in [5.41, 5.74) is 5.81. The number of fused-ring (bicyclic) bond motifs is 1. The van der Waals surface area contributed by atoms with Gasteiger partial charge in [0.15, 0.2) is 0 Å². The van der Waals surface area contributed by atoms with Crippen LogP contribution in [0.15, 0.2) is 88.8 Å². The summed E-state index contributed by atoms with van der Waals surface area (Å²) < 4.78 is 5.75. The number of H-pyrrole nitrogens is 1. The number of hydrogen-bond donors (Lipinski definition) is 2. The summed E-state index contributed by atoms with van der Waals surface area (Å²) in [6.07, 6.45) is 1.90. The SMILES string of the molecule is O=C(CCc1nc2ccccc2[nH]c1=O)N/N=C/c1ccc(OCc2ccccc2)cc1. The second-order valence-corrected chi connectivity index (χ2v) is 7.17. The van der Waals surface area contributed by atoms with Crippen molar-refractivity contribution in [3.63, 3.8) is 0 Å². The first-order chi connectivity index (χ1) is 15.7. The van der Waals surface area contributed by atoms with Crippen LogP contribution in [0.2, 0.25) is 0 Å². The van der Waals surface area contributed by atoms with Crippen LogP contribution in [0.3, 0.4) is 0 Å². The first-order valence-corrected chi connectivity index (χ1v) is 10.2. The fourth-order valence-corrected chi connectivity index (χ4v) is 3.09. The molecule has 32 heavy (non-hydrogen) atoms. The van der Waals surface area contributed by atoms with Crippen molar-refractivity contribution in [2.45, 2.75) is 19.4 Å². The van der Waals surface area contributed by atoms with Crippen LogP contribution in [0.1, 0.15) is 23.2 Å². The van der Waals surface area contributed by atoms with E-state index in [0.29, 0.717) is 23.3 Å². The van der Waals surface area contributed by atoms with Gasteiger partial charge in [0.25, 0.3) is 5.56 Å². The van der Waals surface area contributed by atoms with Crippen LogP contribution in [0, 0.1) is 0 Å². The maximum atomic E-state index is 12.1. The van der Waals surface area contributed by atoms with Crippen LogP contribution in [-0.4, -0.2) is 22.1 Å². The van der Waals surface area contributed by atoms with Gasteiger partial charge in [-0.1, -0.05) is 42.5 Å². The van der Waals surface area contributed by atoms with Crippen molar-refractivity contribution < 1.29 is 9.53 Å². The zero-order chi connectivity index (χ0) is 22.2. The molecule has 1 heterocycles. The summed E-state index contributed by atoms with van der Waals surface area (Å²) in [5, 5.41) is 3.98. The summed E-state index contributed by atoms with van der Waals surface area (Å²) in [6.45, 7) is 0.499. The number of amides is 1. The smallest absolute Gasteiger partial charge is 0.270 e. The third-order valence-corrected chi connectivity index (χ3v) is 4.79. The van der Waals surface area contributed by atoms with E-state index in [4.69, 9.17) is 4.74 Å². The predicted molar refractivity (Wildman–Crippen MR) is 124 cm³/mol. The summed E-state index contributed by atoms with van der Waals surface area (Å²) >= 11 is 0. The lowest BCUT2D eigenvalue weighted by atomic mass is 10.2. The van der Waals surface area contributed by atoms with Gasteiger partial charge in [-0.3, -0.25) is 9.59 Å². The van der Waals surface area contributed by atoms with Crippen LogP contribution in [-0.2, 0) is 17.8 Å². The Morgan fingerprint density at radius 2 is 1.75 bits per heavy atom. The Bertz CT molecular complexity index is 1280. The first kappa shape index (κ1) is 21.0. The third kappa shape index (κ3) is 5.66. The number of hydrazone groups is 1. The summed E-state index contributed by atoms with van der Waals surface area (Å²) in [6, 6.07) is 24.6. The molecule has 0 radical (unpaired) electrons. The quantitative estimate of drug-likeness (QED) is 0.332. The van der Waals surface area contributed by atoms with Crippen molar-refractivity contribution in [2.24, 2.45) is 5.10 Å². The third-order valence-electron chi connectivity index (χ3n) is 4.79. The molecular formula is C25H22N4O3. The van der Waals surface area contributed by atoms with Crippen molar-refractivity contribution in [1.82, 2.24) is 15.4 Å². The highest BCUT2D eigenvalue weighted by Crippen LogP contribution is 2.13. The van der Waals surface area contributed by atoms with Crippen molar-refractivity contribution in [3.05, 3.63) is 106 Å². The highest BCUT2D eigenvalue weighted by atomic mass is 16.5. The Hall–Kier alpha value is -4.26. The molecule has 0 saturated heterocycles.